The van der Waals surface area contributed by atoms with Gasteiger partial charge < -0.3 is 10.6 Å². The number of carbonyl (C=O) groups excluding carboxylic acids is 1. The van der Waals surface area contributed by atoms with E-state index in [-0.39, 0.29) is 23.3 Å². The molecule has 1 aliphatic heterocycles. The molecule has 0 fully saturated rings. The second-order valence-corrected chi connectivity index (χ2v) is 12.5. The van der Waals surface area contributed by atoms with Crippen LogP contribution < -0.4 is 10.6 Å². The van der Waals surface area contributed by atoms with Crippen LogP contribution in [0, 0.1) is 22.7 Å². The lowest BCUT2D eigenvalue weighted by atomic mass is 9.72. The van der Waals surface area contributed by atoms with E-state index in [1.807, 2.05) is 0 Å². The van der Waals surface area contributed by atoms with Gasteiger partial charge in [-0.1, -0.05) is 44.5 Å². The summed E-state index contributed by atoms with van der Waals surface area (Å²) in [5, 5.41) is 20.6. The molecule has 1 aromatic carbocycles. The predicted octanol–water partition coefficient (Wildman–Crippen LogP) is 7.53. The summed E-state index contributed by atoms with van der Waals surface area (Å²) in [5.41, 5.74) is 2.02. The maximum atomic E-state index is 14.0. The highest BCUT2D eigenvalue weighted by Gasteiger charge is 2.47. The Morgan fingerprint density at radius 3 is 2.61 bits per heavy atom. The molecule has 3 atom stereocenters. The summed E-state index contributed by atoms with van der Waals surface area (Å²) >= 11 is 7.31. The topological polar surface area (TPSA) is 82.7 Å². The molecule has 3 heterocycles. The third-order valence-corrected chi connectivity index (χ3v) is 8.95. The third-order valence-electron chi connectivity index (χ3n) is 7.52. The number of rotatable bonds is 3. The largest absolute Gasteiger partial charge is 0.410 e. The summed E-state index contributed by atoms with van der Waals surface area (Å²) in [4.78, 5) is 14.2. The fourth-order valence-corrected chi connectivity index (χ4v) is 6.70. The van der Waals surface area contributed by atoms with E-state index in [9.17, 15) is 23.2 Å². The number of thiophene rings is 1. The highest BCUT2D eigenvalue weighted by molar-refractivity contribution is 7.16. The van der Waals surface area contributed by atoms with Gasteiger partial charge in [0.2, 0.25) is 0 Å². The Bertz CT molecular complexity index is 1410. The third kappa shape index (κ3) is 5.02. The van der Waals surface area contributed by atoms with Crippen LogP contribution >= 0.6 is 22.9 Å². The quantitative estimate of drug-likeness (QED) is 0.346. The minimum atomic E-state index is -4.56. The molecule has 1 amide bonds. The maximum absolute atomic E-state index is 14.0. The van der Waals surface area contributed by atoms with Gasteiger partial charge >= 0.3 is 6.18 Å². The number of fused-ring (bicyclic) bond motifs is 2. The van der Waals surface area contributed by atoms with E-state index in [4.69, 9.17) is 11.6 Å². The summed E-state index contributed by atoms with van der Waals surface area (Å²) in [6.45, 7) is 6.60. The number of amides is 1. The number of nitrogens with one attached hydrogen (secondary N) is 2. The van der Waals surface area contributed by atoms with Crippen LogP contribution in [0.1, 0.15) is 77.8 Å². The predicted molar refractivity (Wildman–Crippen MR) is 142 cm³/mol. The molecule has 1 aliphatic carbocycles. The summed E-state index contributed by atoms with van der Waals surface area (Å²) in [6, 6.07) is 7.62. The molecular formula is C27H27ClF3N5OS. The van der Waals surface area contributed by atoms with Gasteiger partial charge in [-0.3, -0.25) is 4.79 Å². The Morgan fingerprint density at radius 1 is 1.26 bits per heavy atom. The SMILES string of the molecule is CC(C)(C)[C@H]1CCc2c(sc(NC(=O)c3cc4n(n3)[C@@H](C(F)(F)F)C[C@H](c3ccc(Cl)cc3)N4)c2C#N)C1. The van der Waals surface area contributed by atoms with Crippen LogP contribution in [0.3, 0.4) is 0 Å². The Labute approximate surface area is 227 Å². The molecule has 3 aromatic rings. The van der Waals surface area contributed by atoms with Gasteiger partial charge in [0.1, 0.15) is 16.9 Å². The molecule has 5 rings (SSSR count). The van der Waals surface area contributed by atoms with Crippen LogP contribution in [0.4, 0.5) is 24.0 Å². The van der Waals surface area contributed by atoms with Crippen molar-refractivity contribution in [2.24, 2.45) is 11.3 Å². The van der Waals surface area contributed by atoms with Crippen molar-refractivity contribution in [2.75, 3.05) is 10.6 Å². The smallest absolute Gasteiger partial charge is 0.363 e. The number of nitrogens with zero attached hydrogens (tertiary/aromatic N) is 3. The average Bonchev–Trinajstić information content (AvgIpc) is 3.43. The van der Waals surface area contributed by atoms with Gasteiger partial charge in [0.25, 0.3) is 5.91 Å². The Morgan fingerprint density at radius 2 is 1.97 bits per heavy atom. The fraction of sp³-hybridized carbons (Fsp3) is 0.444. The molecule has 11 heteroatoms. The molecule has 2 aromatic heterocycles. The van der Waals surface area contributed by atoms with Crippen LogP contribution in [0.15, 0.2) is 30.3 Å². The minimum Gasteiger partial charge on any atom is -0.363 e. The van der Waals surface area contributed by atoms with Gasteiger partial charge in [-0.15, -0.1) is 11.3 Å². The van der Waals surface area contributed by atoms with Crippen molar-refractivity contribution in [3.05, 3.63) is 62.6 Å². The molecule has 0 radical (unpaired) electrons. The minimum absolute atomic E-state index is 0.0997. The molecule has 0 saturated heterocycles. The lowest BCUT2D eigenvalue weighted by molar-refractivity contribution is -0.173. The van der Waals surface area contributed by atoms with E-state index >= 15 is 0 Å². The van der Waals surface area contributed by atoms with Crippen molar-refractivity contribution in [3.8, 4) is 6.07 Å². The molecule has 2 N–H and O–H groups in total. The maximum Gasteiger partial charge on any atom is 0.410 e. The van der Waals surface area contributed by atoms with Crippen molar-refractivity contribution in [3.63, 3.8) is 0 Å². The van der Waals surface area contributed by atoms with Gasteiger partial charge in [-0.2, -0.15) is 23.5 Å². The van der Waals surface area contributed by atoms with Gasteiger partial charge in [0.15, 0.2) is 11.7 Å². The number of carbonyl (C=O) groups is 1. The van der Waals surface area contributed by atoms with Crippen molar-refractivity contribution >= 4 is 39.7 Å². The first-order valence-electron chi connectivity index (χ1n) is 12.4. The standard InChI is InChI=1S/C27H27ClF3N5OS/c1-26(2,3)15-6-9-17-18(13-32)25(38-21(17)10-15)34-24(37)20-12-23-33-19(14-4-7-16(28)8-5-14)11-22(27(29,30)31)36(23)35-20/h4-5,7-8,12,15,19,22,33H,6,9-11H2,1-3H3,(H,34,37)/t15-,19+,22+/m0/s1. The molecule has 38 heavy (non-hydrogen) atoms. The first kappa shape index (κ1) is 26.6. The number of hydrogen-bond donors (Lipinski definition) is 2. The van der Waals surface area contributed by atoms with E-state index in [2.05, 4.69) is 42.6 Å². The summed E-state index contributed by atoms with van der Waals surface area (Å²) < 4.78 is 42.9. The number of aromatic nitrogens is 2. The van der Waals surface area contributed by atoms with Crippen molar-refractivity contribution in [1.82, 2.24) is 9.78 Å². The van der Waals surface area contributed by atoms with Crippen molar-refractivity contribution in [1.29, 1.82) is 5.26 Å². The van der Waals surface area contributed by atoms with E-state index in [1.54, 1.807) is 24.3 Å². The highest BCUT2D eigenvalue weighted by Crippen LogP contribution is 2.45. The molecule has 0 unspecified atom stereocenters. The average molecular weight is 562 g/mol. The molecule has 0 spiro atoms. The molecular weight excluding hydrogens is 535 g/mol. The zero-order valence-corrected chi connectivity index (χ0v) is 22.7. The highest BCUT2D eigenvalue weighted by atomic mass is 35.5. The van der Waals surface area contributed by atoms with Gasteiger partial charge in [-0.25, -0.2) is 4.68 Å². The molecule has 2 aliphatic rings. The van der Waals surface area contributed by atoms with Gasteiger partial charge in [0, 0.05) is 22.4 Å². The van der Waals surface area contributed by atoms with Crippen LogP contribution in [-0.2, 0) is 12.8 Å². The van der Waals surface area contributed by atoms with E-state index < -0.39 is 24.2 Å². The number of hydrogen-bond acceptors (Lipinski definition) is 5. The molecule has 0 saturated carbocycles. The number of benzene rings is 1. The van der Waals surface area contributed by atoms with E-state index in [0.29, 0.717) is 27.1 Å². The molecule has 0 bridgehead atoms. The fourth-order valence-electron chi connectivity index (χ4n) is 5.30. The Hall–Kier alpha value is -3.03. The zero-order chi connectivity index (χ0) is 27.4. The van der Waals surface area contributed by atoms with Crippen molar-refractivity contribution in [2.45, 2.75) is 64.7 Å². The van der Waals surface area contributed by atoms with Crippen LogP contribution in [0.25, 0.3) is 0 Å². The first-order chi connectivity index (χ1) is 17.8. The normalized spacial score (nSPS) is 21.2. The van der Waals surface area contributed by atoms with Crippen LogP contribution in [0.5, 0.6) is 0 Å². The molecule has 6 nitrogen and oxygen atoms in total. The van der Waals surface area contributed by atoms with Gasteiger partial charge in [0.05, 0.1) is 11.6 Å². The van der Waals surface area contributed by atoms with E-state index in [1.165, 1.54) is 17.4 Å². The number of nitriles is 1. The summed E-state index contributed by atoms with van der Waals surface area (Å²) in [6.07, 6.45) is -2.30. The van der Waals surface area contributed by atoms with Gasteiger partial charge in [-0.05, 0) is 53.9 Å². The van der Waals surface area contributed by atoms with Crippen LogP contribution in [0.2, 0.25) is 5.02 Å². The Kier molecular flexibility index (Phi) is 6.72. The molecule has 200 valence electrons. The summed E-state index contributed by atoms with van der Waals surface area (Å²) in [5.74, 6) is -0.0922. The zero-order valence-electron chi connectivity index (χ0n) is 21.1. The second kappa shape index (κ2) is 9.62. The van der Waals surface area contributed by atoms with Crippen LogP contribution in [-0.4, -0.2) is 21.9 Å². The number of alkyl halides is 3. The van der Waals surface area contributed by atoms with E-state index in [0.717, 1.165) is 34.4 Å². The first-order valence-corrected chi connectivity index (χ1v) is 13.6. The monoisotopic (exact) mass is 561 g/mol. The van der Waals surface area contributed by atoms with Crippen molar-refractivity contribution < 1.29 is 18.0 Å². The second-order valence-electron chi connectivity index (χ2n) is 11.0. The Balaban J connectivity index is 1.42. The number of halogens is 4. The lowest BCUT2D eigenvalue weighted by Crippen LogP contribution is -2.35. The lowest BCUT2D eigenvalue weighted by Gasteiger charge is -2.33. The summed E-state index contributed by atoms with van der Waals surface area (Å²) in [7, 11) is 0. The number of anilines is 2.